The smallest absolute Gasteiger partial charge is 0.254 e. The van der Waals surface area contributed by atoms with Crippen LogP contribution in [0.3, 0.4) is 0 Å². The average Bonchev–Trinajstić information content (AvgIpc) is 3.26. The summed E-state index contributed by atoms with van der Waals surface area (Å²) in [5, 5.41) is 0. The lowest BCUT2D eigenvalue weighted by molar-refractivity contribution is -0.132. The maximum absolute atomic E-state index is 13.2. The number of aryl methyl sites for hydroxylation is 1. The van der Waals surface area contributed by atoms with Crippen LogP contribution in [0, 0.1) is 5.82 Å². The van der Waals surface area contributed by atoms with Gasteiger partial charge in [0, 0.05) is 24.9 Å². The minimum absolute atomic E-state index is 0.0579. The normalized spacial score (nSPS) is 13.4. The van der Waals surface area contributed by atoms with Crippen molar-refractivity contribution in [2.24, 2.45) is 0 Å². The topological polar surface area (TPSA) is 70.2 Å². The van der Waals surface area contributed by atoms with Gasteiger partial charge in [-0.05, 0) is 54.8 Å². The number of carbonyl (C=O) groups excluding carboxylic acids is 3. The lowest BCUT2D eigenvalue weighted by Crippen LogP contribution is -2.44. The number of hydrogen-bond acceptors (Lipinski definition) is 4. The summed E-state index contributed by atoms with van der Waals surface area (Å²) >= 11 is 0. The Bertz CT molecular complexity index is 994. The van der Waals surface area contributed by atoms with Gasteiger partial charge in [-0.2, -0.15) is 0 Å². The molecule has 0 N–H and O–H groups in total. The quantitative estimate of drug-likeness (QED) is 0.430. The summed E-state index contributed by atoms with van der Waals surface area (Å²) in [6, 6.07) is 13.1. The number of nitrogens with zero attached hydrogens (tertiary/aromatic N) is 3. The van der Waals surface area contributed by atoms with Gasteiger partial charge in [-0.25, -0.2) is 4.39 Å². The van der Waals surface area contributed by atoms with Gasteiger partial charge in [0.15, 0.2) is 0 Å². The summed E-state index contributed by atoms with van der Waals surface area (Å²) in [7, 11) is 1.54. The highest BCUT2D eigenvalue weighted by Crippen LogP contribution is 2.20. The van der Waals surface area contributed by atoms with Crippen LogP contribution in [-0.4, -0.2) is 67.5 Å². The highest BCUT2D eigenvalue weighted by atomic mass is 19.1. The van der Waals surface area contributed by atoms with Crippen molar-refractivity contribution < 1.29 is 23.5 Å². The number of benzene rings is 2. The van der Waals surface area contributed by atoms with Crippen molar-refractivity contribution in [3.05, 3.63) is 65.5 Å². The number of amides is 3. The fraction of sp³-hybridized carbons (Fsp3) is 0.444. The Hall–Kier alpha value is -3.26. The van der Waals surface area contributed by atoms with Crippen LogP contribution in [0.4, 0.5) is 10.1 Å². The molecule has 0 aliphatic carbocycles. The maximum Gasteiger partial charge on any atom is 0.254 e. The second kappa shape index (κ2) is 13.0. The van der Waals surface area contributed by atoms with E-state index in [9.17, 15) is 18.8 Å². The number of anilines is 1. The van der Waals surface area contributed by atoms with E-state index in [2.05, 4.69) is 6.92 Å². The third kappa shape index (κ3) is 7.36. The molecule has 0 bridgehead atoms. The Morgan fingerprint density at radius 2 is 1.74 bits per heavy atom. The molecule has 2 aromatic carbocycles. The van der Waals surface area contributed by atoms with E-state index in [-0.39, 0.29) is 50.6 Å². The molecule has 0 atom stereocenters. The fourth-order valence-corrected chi connectivity index (χ4v) is 4.03. The molecule has 1 aliphatic rings. The number of methoxy groups -OCH3 is 1. The number of rotatable bonds is 12. The van der Waals surface area contributed by atoms with E-state index < -0.39 is 5.82 Å². The van der Waals surface area contributed by atoms with Crippen molar-refractivity contribution in [1.82, 2.24) is 9.80 Å². The molecule has 0 radical (unpaired) electrons. The molecule has 7 nitrogen and oxygen atoms in total. The van der Waals surface area contributed by atoms with Crippen molar-refractivity contribution in [3.8, 4) is 0 Å². The Balaban J connectivity index is 1.62. The first kappa shape index (κ1) is 26.3. The van der Waals surface area contributed by atoms with Crippen LogP contribution in [0.2, 0.25) is 0 Å². The first-order chi connectivity index (χ1) is 16.9. The van der Waals surface area contributed by atoms with Crippen LogP contribution in [-0.2, 0) is 20.7 Å². The van der Waals surface area contributed by atoms with E-state index >= 15 is 0 Å². The van der Waals surface area contributed by atoms with E-state index in [4.69, 9.17) is 4.74 Å². The van der Waals surface area contributed by atoms with Gasteiger partial charge in [0.1, 0.15) is 25.6 Å². The molecule has 188 valence electrons. The number of carbonyl (C=O) groups is 3. The van der Waals surface area contributed by atoms with Crippen LogP contribution in [0.5, 0.6) is 0 Å². The number of ether oxygens (including phenoxy) is 1. The van der Waals surface area contributed by atoms with Crippen molar-refractivity contribution in [3.63, 3.8) is 0 Å². The van der Waals surface area contributed by atoms with Crippen molar-refractivity contribution in [1.29, 1.82) is 0 Å². The summed E-state index contributed by atoms with van der Waals surface area (Å²) in [5.74, 6) is -1.24. The first-order valence-electron chi connectivity index (χ1n) is 12.1. The summed E-state index contributed by atoms with van der Waals surface area (Å²) in [6.07, 6.45) is 5.72. The van der Waals surface area contributed by atoms with E-state index in [0.717, 1.165) is 12.8 Å². The SMILES string of the molecule is CCCCCCc1ccc(C(=O)N(CCOC)CC(=O)N2CC(=O)N(c3ccc(F)cc3)C2)cc1. The lowest BCUT2D eigenvalue weighted by atomic mass is 10.0. The molecule has 0 spiro atoms. The van der Waals surface area contributed by atoms with Crippen LogP contribution in [0.25, 0.3) is 0 Å². The van der Waals surface area contributed by atoms with E-state index in [1.807, 2.05) is 12.1 Å². The maximum atomic E-state index is 13.2. The lowest BCUT2D eigenvalue weighted by Gasteiger charge is -2.25. The molecular formula is C27H34FN3O4. The largest absolute Gasteiger partial charge is 0.383 e. The van der Waals surface area contributed by atoms with Gasteiger partial charge in [0.25, 0.3) is 5.91 Å². The minimum atomic E-state index is -0.398. The molecule has 2 aromatic rings. The first-order valence-corrected chi connectivity index (χ1v) is 12.1. The Kier molecular flexibility index (Phi) is 9.78. The third-order valence-electron chi connectivity index (χ3n) is 6.13. The van der Waals surface area contributed by atoms with Gasteiger partial charge < -0.3 is 14.5 Å². The molecular weight excluding hydrogens is 449 g/mol. The van der Waals surface area contributed by atoms with Gasteiger partial charge in [-0.15, -0.1) is 0 Å². The summed E-state index contributed by atoms with van der Waals surface area (Å²) in [5.41, 5.74) is 2.22. The fourth-order valence-electron chi connectivity index (χ4n) is 4.03. The van der Waals surface area contributed by atoms with Crippen molar-refractivity contribution in [2.75, 3.05) is 44.9 Å². The standard InChI is InChI=1S/C27H34FN3O4/c1-3-4-5-6-7-21-8-10-22(11-9-21)27(34)29(16-17-35-2)18-25(32)30-19-26(33)31(20-30)24-14-12-23(28)13-15-24/h8-15H,3-7,16-20H2,1-2H3. The van der Waals surface area contributed by atoms with Crippen molar-refractivity contribution in [2.45, 2.75) is 39.0 Å². The molecule has 1 fully saturated rings. The monoisotopic (exact) mass is 483 g/mol. The Labute approximate surface area is 206 Å². The molecule has 8 heteroatoms. The minimum Gasteiger partial charge on any atom is -0.383 e. The summed E-state index contributed by atoms with van der Waals surface area (Å²) in [6.45, 7) is 2.53. The van der Waals surface area contributed by atoms with Gasteiger partial charge in [0.05, 0.1) is 6.61 Å². The molecule has 0 aromatic heterocycles. The highest BCUT2D eigenvalue weighted by Gasteiger charge is 2.33. The molecule has 0 saturated carbocycles. The van der Waals surface area contributed by atoms with Gasteiger partial charge in [-0.3, -0.25) is 19.3 Å². The predicted octanol–water partition coefficient (Wildman–Crippen LogP) is 3.87. The number of unbranched alkanes of at least 4 members (excludes halogenated alkanes) is 3. The van der Waals surface area contributed by atoms with E-state index in [1.54, 1.807) is 12.1 Å². The van der Waals surface area contributed by atoms with Crippen LogP contribution in [0.15, 0.2) is 48.5 Å². The average molecular weight is 484 g/mol. The molecule has 1 heterocycles. The zero-order valence-electron chi connectivity index (χ0n) is 20.5. The predicted molar refractivity (Wildman–Crippen MR) is 133 cm³/mol. The van der Waals surface area contributed by atoms with Gasteiger partial charge >= 0.3 is 0 Å². The second-order valence-electron chi connectivity index (χ2n) is 8.76. The van der Waals surface area contributed by atoms with E-state index in [0.29, 0.717) is 11.3 Å². The molecule has 1 saturated heterocycles. The Morgan fingerprint density at radius 1 is 1.03 bits per heavy atom. The second-order valence-corrected chi connectivity index (χ2v) is 8.76. The van der Waals surface area contributed by atoms with Gasteiger partial charge in [0.2, 0.25) is 11.8 Å². The number of hydrogen-bond donors (Lipinski definition) is 0. The van der Waals surface area contributed by atoms with Crippen LogP contribution in [0.1, 0.15) is 48.5 Å². The number of halogens is 1. The third-order valence-corrected chi connectivity index (χ3v) is 6.13. The molecule has 3 rings (SSSR count). The van der Waals surface area contributed by atoms with Crippen molar-refractivity contribution >= 4 is 23.4 Å². The zero-order chi connectivity index (χ0) is 25.2. The molecule has 3 amide bonds. The summed E-state index contributed by atoms with van der Waals surface area (Å²) in [4.78, 5) is 42.9. The molecule has 35 heavy (non-hydrogen) atoms. The van der Waals surface area contributed by atoms with Crippen LogP contribution < -0.4 is 4.90 Å². The molecule has 0 unspecified atom stereocenters. The Morgan fingerprint density at radius 3 is 2.40 bits per heavy atom. The zero-order valence-corrected chi connectivity index (χ0v) is 20.5. The molecule has 1 aliphatic heterocycles. The summed E-state index contributed by atoms with van der Waals surface area (Å²) < 4.78 is 18.4. The van der Waals surface area contributed by atoms with E-state index in [1.165, 1.54) is 70.9 Å². The van der Waals surface area contributed by atoms with Crippen LogP contribution >= 0.6 is 0 Å². The van der Waals surface area contributed by atoms with Gasteiger partial charge in [-0.1, -0.05) is 38.3 Å². The highest BCUT2D eigenvalue weighted by molar-refractivity contribution is 6.01.